The topological polar surface area (TPSA) is 23.6 Å². The van der Waals surface area contributed by atoms with Crippen LogP contribution in [0.4, 0.5) is 5.69 Å². The van der Waals surface area contributed by atoms with Gasteiger partial charge in [0.1, 0.15) is 6.29 Å². The molecule has 0 aliphatic carbocycles. The fourth-order valence-corrected chi connectivity index (χ4v) is 2.46. The van der Waals surface area contributed by atoms with Crippen LogP contribution in [0, 0.1) is 6.92 Å². The van der Waals surface area contributed by atoms with E-state index >= 15 is 0 Å². The maximum absolute atomic E-state index is 10.8. The van der Waals surface area contributed by atoms with Crippen LogP contribution in [-0.4, -0.2) is 44.4 Å². The van der Waals surface area contributed by atoms with E-state index in [0.717, 1.165) is 30.5 Å². The number of likely N-dealkylation sites (tertiary alicyclic amines) is 1. The van der Waals surface area contributed by atoms with Crippen molar-refractivity contribution in [1.29, 1.82) is 0 Å². The van der Waals surface area contributed by atoms with Crippen LogP contribution in [0.2, 0.25) is 0 Å². The summed E-state index contributed by atoms with van der Waals surface area (Å²) in [5.41, 5.74) is 3.03. The maximum Gasteiger partial charge on any atom is 0.150 e. The predicted octanol–water partition coefficient (Wildman–Crippen LogP) is 2.34. The van der Waals surface area contributed by atoms with E-state index in [1.54, 1.807) is 0 Å². The zero-order valence-electron chi connectivity index (χ0n) is 11.4. The molecule has 0 spiro atoms. The first-order chi connectivity index (χ1) is 8.70. The molecule has 1 saturated heterocycles. The van der Waals surface area contributed by atoms with Gasteiger partial charge in [-0.1, -0.05) is 0 Å². The average Bonchev–Trinajstić information content (AvgIpc) is 2.89. The van der Waals surface area contributed by atoms with Crippen LogP contribution in [0.5, 0.6) is 0 Å². The van der Waals surface area contributed by atoms with Crippen molar-refractivity contribution in [3.8, 4) is 0 Å². The summed E-state index contributed by atoms with van der Waals surface area (Å²) in [6.07, 6.45) is 3.61. The quantitative estimate of drug-likeness (QED) is 0.745. The summed E-state index contributed by atoms with van der Waals surface area (Å²) in [5, 5.41) is 0. The van der Waals surface area contributed by atoms with Gasteiger partial charge in [0.05, 0.1) is 0 Å². The first-order valence-electron chi connectivity index (χ1n) is 6.70. The Bertz CT molecular complexity index is 411. The molecule has 3 heteroatoms. The largest absolute Gasteiger partial charge is 0.373 e. The standard InChI is InChI=1S/C15H22N2O/c1-13-11-15(6-5-14(13)12-18)16(2)9-10-17-7-3-4-8-17/h5-6,11-12H,3-4,7-10H2,1-2H3. The molecule has 0 amide bonds. The average molecular weight is 246 g/mol. The van der Waals surface area contributed by atoms with Crippen LogP contribution >= 0.6 is 0 Å². The molecular weight excluding hydrogens is 224 g/mol. The molecule has 1 aromatic rings. The molecule has 0 unspecified atom stereocenters. The van der Waals surface area contributed by atoms with E-state index < -0.39 is 0 Å². The number of rotatable bonds is 5. The van der Waals surface area contributed by atoms with Crippen LogP contribution in [-0.2, 0) is 0 Å². The maximum atomic E-state index is 10.8. The second kappa shape index (κ2) is 6.01. The molecule has 0 atom stereocenters. The van der Waals surface area contributed by atoms with Gasteiger partial charge in [0.2, 0.25) is 0 Å². The minimum Gasteiger partial charge on any atom is -0.373 e. The molecule has 0 saturated carbocycles. The number of likely N-dealkylation sites (N-methyl/N-ethyl adjacent to an activating group) is 1. The summed E-state index contributed by atoms with van der Waals surface area (Å²) in [7, 11) is 2.12. The number of carbonyl (C=O) groups is 1. The number of aryl methyl sites for hydroxylation is 1. The highest BCUT2D eigenvalue weighted by molar-refractivity contribution is 5.78. The highest BCUT2D eigenvalue weighted by Crippen LogP contribution is 2.17. The van der Waals surface area contributed by atoms with Crippen LogP contribution < -0.4 is 4.90 Å². The van der Waals surface area contributed by atoms with E-state index in [-0.39, 0.29) is 0 Å². The molecule has 1 fully saturated rings. The Morgan fingerprint density at radius 1 is 1.33 bits per heavy atom. The van der Waals surface area contributed by atoms with Crippen LogP contribution in [0.1, 0.15) is 28.8 Å². The Labute approximate surface area is 109 Å². The zero-order valence-corrected chi connectivity index (χ0v) is 11.4. The van der Waals surface area contributed by atoms with Gasteiger partial charge >= 0.3 is 0 Å². The summed E-state index contributed by atoms with van der Waals surface area (Å²) in [6.45, 7) is 6.65. The molecule has 1 heterocycles. The molecule has 18 heavy (non-hydrogen) atoms. The smallest absolute Gasteiger partial charge is 0.150 e. The van der Waals surface area contributed by atoms with Gasteiger partial charge in [-0.05, 0) is 56.6 Å². The first kappa shape index (κ1) is 13.1. The van der Waals surface area contributed by atoms with Gasteiger partial charge in [0, 0.05) is 31.4 Å². The van der Waals surface area contributed by atoms with Crippen molar-refractivity contribution < 1.29 is 4.79 Å². The van der Waals surface area contributed by atoms with E-state index in [1.807, 2.05) is 19.1 Å². The van der Waals surface area contributed by atoms with Gasteiger partial charge in [-0.15, -0.1) is 0 Å². The van der Waals surface area contributed by atoms with Gasteiger partial charge < -0.3 is 9.80 Å². The summed E-state index contributed by atoms with van der Waals surface area (Å²) in [6, 6.07) is 6.03. The van der Waals surface area contributed by atoms with Gasteiger partial charge in [0.25, 0.3) is 0 Å². The summed E-state index contributed by atoms with van der Waals surface area (Å²) < 4.78 is 0. The lowest BCUT2D eigenvalue weighted by Crippen LogP contribution is -2.31. The fraction of sp³-hybridized carbons (Fsp3) is 0.533. The Balaban J connectivity index is 1.93. The predicted molar refractivity (Wildman–Crippen MR) is 75.5 cm³/mol. The molecule has 1 aromatic carbocycles. The molecular formula is C15H22N2O. The molecule has 0 aromatic heterocycles. The lowest BCUT2D eigenvalue weighted by Gasteiger charge is -2.23. The van der Waals surface area contributed by atoms with Crippen molar-refractivity contribution >= 4 is 12.0 Å². The highest BCUT2D eigenvalue weighted by Gasteiger charge is 2.12. The Morgan fingerprint density at radius 3 is 2.67 bits per heavy atom. The van der Waals surface area contributed by atoms with E-state index in [2.05, 4.69) is 22.9 Å². The van der Waals surface area contributed by atoms with E-state index in [4.69, 9.17) is 0 Å². The molecule has 1 aliphatic heterocycles. The Hall–Kier alpha value is -1.35. The SMILES string of the molecule is Cc1cc(N(C)CCN2CCCC2)ccc1C=O. The lowest BCUT2D eigenvalue weighted by atomic mass is 10.1. The van der Waals surface area contributed by atoms with Crippen LogP contribution in [0.3, 0.4) is 0 Å². The minimum atomic E-state index is 0.784. The monoisotopic (exact) mass is 246 g/mol. The summed E-state index contributed by atoms with van der Waals surface area (Å²) in [5.74, 6) is 0. The summed E-state index contributed by atoms with van der Waals surface area (Å²) in [4.78, 5) is 15.6. The second-order valence-corrected chi connectivity index (χ2v) is 5.13. The van der Waals surface area contributed by atoms with Crippen molar-refractivity contribution in [2.45, 2.75) is 19.8 Å². The third kappa shape index (κ3) is 3.10. The number of carbonyl (C=O) groups excluding carboxylic acids is 1. The van der Waals surface area contributed by atoms with Gasteiger partial charge in [-0.25, -0.2) is 0 Å². The molecule has 2 rings (SSSR count). The molecule has 0 N–H and O–H groups in total. The number of benzene rings is 1. The number of hydrogen-bond acceptors (Lipinski definition) is 3. The summed E-state index contributed by atoms with van der Waals surface area (Å²) >= 11 is 0. The number of anilines is 1. The molecule has 0 radical (unpaired) electrons. The normalized spacial score (nSPS) is 15.9. The Morgan fingerprint density at radius 2 is 2.06 bits per heavy atom. The van der Waals surface area contributed by atoms with Crippen molar-refractivity contribution in [2.24, 2.45) is 0 Å². The molecule has 3 nitrogen and oxygen atoms in total. The first-order valence-corrected chi connectivity index (χ1v) is 6.70. The minimum absolute atomic E-state index is 0.784. The molecule has 0 bridgehead atoms. The van der Waals surface area contributed by atoms with E-state index in [1.165, 1.54) is 31.6 Å². The van der Waals surface area contributed by atoms with Gasteiger partial charge in [-0.2, -0.15) is 0 Å². The number of aldehydes is 1. The van der Waals surface area contributed by atoms with Crippen molar-refractivity contribution in [3.05, 3.63) is 29.3 Å². The fourth-order valence-electron chi connectivity index (χ4n) is 2.46. The van der Waals surface area contributed by atoms with Crippen molar-refractivity contribution in [2.75, 3.05) is 38.1 Å². The van der Waals surface area contributed by atoms with Crippen molar-refractivity contribution in [1.82, 2.24) is 4.90 Å². The zero-order chi connectivity index (χ0) is 13.0. The Kier molecular flexibility index (Phi) is 4.37. The van der Waals surface area contributed by atoms with E-state index in [0.29, 0.717) is 0 Å². The van der Waals surface area contributed by atoms with Crippen molar-refractivity contribution in [3.63, 3.8) is 0 Å². The highest BCUT2D eigenvalue weighted by atomic mass is 16.1. The second-order valence-electron chi connectivity index (χ2n) is 5.13. The number of nitrogens with zero attached hydrogens (tertiary/aromatic N) is 2. The number of hydrogen-bond donors (Lipinski definition) is 0. The van der Waals surface area contributed by atoms with Gasteiger partial charge in [-0.3, -0.25) is 4.79 Å². The van der Waals surface area contributed by atoms with E-state index in [9.17, 15) is 4.79 Å². The van der Waals surface area contributed by atoms with Crippen LogP contribution in [0.15, 0.2) is 18.2 Å². The third-order valence-electron chi connectivity index (χ3n) is 3.77. The van der Waals surface area contributed by atoms with Crippen LogP contribution in [0.25, 0.3) is 0 Å². The third-order valence-corrected chi connectivity index (χ3v) is 3.77. The molecule has 1 aliphatic rings. The molecule has 98 valence electrons. The lowest BCUT2D eigenvalue weighted by molar-refractivity contribution is 0.112. The van der Waals surface area contributed by atoms with Gasteiger partial charge in [0.15, 0.2) is 0 Å².